The molecule has 0 radical (unpaired) electrons. The lowest BCUT2D eigenvalue weighted by molar-refractivity contribution is 0.0681. The standard InChI is InChI=1S/C26H27ClN2O3/c27-21-13-7-12-20(16-21)24-23(26(30)31)22(17-32-15-14-18-8-3-1-4-9-18)28-25(29-24)19-10-5-2-6-11-19/h2,5-7,10-13,16,18H,1,3-4,8-9,14-15,17H2,(H,30,31). The maximum absolute atomic E-state index is 12.3. The molecule has 0 bridgehead atoms. The van der Waals surface area contributed by atoms with Crippen LogP contribution in [0, 0.1) is 5.92 Å². The molecule has 4 rings (SSSR count). The highest BCUT2D eigenvalue weighted by molar-refractivity contribution is 6.30. The Morgan fingerprint density at radius 2 is 1.75 bits per heavy atom. The van der Waals surface area contributed by atoms with Crippen molar-refractivity contribution in [2.45, 2.75) is 45.1 Å². The van der Waals surface area contributed by atoms with Gasteiger partial charge < -0.3 is 9.84 Å². The van der Waals surface area contributed by atoms with E-state index in [1.807, 2.05) is 36.4 Å². The van der Waals surface area contributed by atoms with Crippen LogP contribution in [0.15, 0.2) is 54.6 Å². The van der Waals surface area contributed by atoms with Crippen molar-refractivity contribution in [3.63, 3.8) is 0 Å². The molecule has 2 aromatic carbocycles. The van der Waals surface area contributed by atoms with Crippen molar-refractivity contribution in [1.82, 2.24) is 9.97 Å². The molecule has 1 aliphatic rings. The normalized spacial score (nSPS) is 14.4. The zero-order chi connectivity index (χ0) is 22.3. The molecule has 0 atom stereocenters. The monoisotopic (exact) mass is 450 g/mol. The fraction of sp³-hybridized carbons (Fsp3) is 0.346. The van der Waals surface area contributed by atoms with Crippen LogP contribution in [0.25, 0.3) is 22.6 Å². The lowest BCUT2D eigenvalue weighted by Gasteiger charge is -2.21. The van der Waals surface area contributed by atoms with E-state index < -0.39 is 5.97 Å². The van der Waals surface area contributed by atoms with Gasteiger partial charge in [0.2, 0.25) is 0 Å². The predicted octanol–water partition coefficient (Wildman–Crippen LogP) is 6.65. The van der Waals surface area contributed by atoms with E-state index in [9.17, 15) is 9.90 Å². The topological polar surface area (TPSA) is 72.3 Å². The summed E-state index contributed by atoms with van der Waals surface area (Å²) in [5, 5.41) is 10.5. The van der Waals surface area contributed by atoms with Gasteiger partial charge in [-0.2, -0.15) is 0 Å². The van der Waals surface area contributed by atoms with Gasteiger partial charge in [-0.3, -0.25) is 0 Å². The Labute approximate surface area is 193 Å². The molecule has 0 aliphatic heterocycles. The number of hydrogen-bond donors (Lipinski definition) is 1. The second-order valence-electron chi connectivity index (χ2n) is 8.24. The second-order valence-corrected chi connectivity index (χ2v) is 8.68. The molecule has 3 aromatic rings. The van der Waals surface area contributed by atoms with Gasteiger partial charge in [-0.15, -0.1) is 0 Å². The molecule has 1 N–H and O–H groups in total. The Kier molecular flexibility index (Phi) is 7.51. The van der Waals surface area contributed by atoms with Crippen LogP contribution in [0.2, 0.25) is 5.02 Å². The van der Waals surface area contributed by atoms with Crippen molar-refractivity contribution in [3.05, 3.63) is 70.9 Å². The van der Waals surface area contributed by atoms with Gasteiger partial charge in [0.05, 0.1) is 18.0 Å². The van der Waals surface area contributed by atoms with E-state index in [1.165, 1.54) is 32.1 Å². The van der Waals surface area contributed by atoms with Crippen molar-refractivity contribution >= 4 is 17.6 Å². The zero-order valence-corrected chi connectivity index (χ0v) is 18.7. The number of aromatic carboxylic acids is 1. The van der Waals surface area contributed by atoms with Crippen LogP contribution in [-0.2, 0) is 11.3 Å². The first kappa shape index (κ1) is 22.4. The van der Waals surface area contributed by atoms with Crippen LogP contribution in [0.3, 0.4) is 0 Å². The number of hydrogen-bond acceptors (Lipinski definition) is 4. The lowest BCUT2D eigenvalue weighted by atomic mass is 9.87. The molecule has 0 spiro atoms. The predicted molar refractivity (Wildman–Crippen MR) is 126 cm³/mol. The molecule has 1 saturated carbocycles. The van der Waals surface area contributed by atoms with Crippen molar-refractivity contribution in [2.24, 2.45) is 5.92 Å². The minimum atomic E-state index is -1.08. The molecule has 32 heavy (non-hydrogen) atoms. The first-order valence-corrected chi connectivity index (χ1v) is 11.5. The summed E-state index contributed by atoms with van der Waals surface area (Å²) in [6, 6.07) is 16.6. The number of carboxylic acid groups (broad SMARTS) is 1. The molecule has 0 unspecified atom stereocenters. The largest absolute Gasteiger partial charge is 0.478 e. The van der Waals surface area contributed by atoms with Crippen molar-refractivity contribution < 1.29 is 14.6 Å². The number of nitrogens with zero attached hydrogens (tertiary/aromatic N) is 2. The van der Waals surface area contributed by atoms with E-state index in [4.69, 9.17) is 16.3 Å². The molecule has 166 valence electrons. The van der Waals surface area contributed by atoms with Crippen molar-refractivity contribution in [3.8, 4) is 22.6 Å². The van der Waals surface area contributed by atoms with Crippen molar-refractivity contribution in [1.29, 1.82) is 0 Å². The highest BCUT2D eigenvalue weighted by Gasteiger charge is 2.23. The van der Waals surface area contributed by atoms with Gasteiger partial charge in [0, 0.05) is 22.8 Å². The third-order valence-electron chi connectivity index (χ3n) is 5.96. The van der Waals surface area contributed by atoms with Gasteiger partial charge in [-0.1, -0.05) is 86.2 Å². The Hall–Kier alpha value is -2.76. The van der Waals surface area contributed by atoms with Crippen LogP contribution in [0.5, 0.6) is 0 Å². The van der Waals surface area contributed by atoms with Gasteiger partial charge in [0.15, 0.2) is 5.82 Å². The van der Waals surface area contributed by atoms with E-state index in [-0.39, 0.29) is 12.2 Å². The average molecular weight is 451 g/mol. The molecular formula is C26H27ClN2O3. The number of carboxylic acids is 1. The maximum atomic E-state index is 12.3. The summed E-state index contributed by atoms with van der Waals surface area (Å²) in [5.41, 5.74) is 2.24. The van der Waals surface area contributed by atoms with Gasteiger partial charge in [0.1, 0.15) is 5.56 Å². The summed E-state index contributed by atoms with van der Waals surface area (Å²) in [6.07, 6.45) is 7.43. The number of ether oxygens (including phenoxy) is 1. The molecule has 1 heterocycles. The number of aromatic nitrogens is 2. The molecule has 1 fully saturated rings. The molecule has 5 nitrogen and oxygen atoms in total. The second kappa shape index (κ2) is 10.7. The Bertz CT molecular complexity index is 1070. The molecule has 1 aliphatic carbocycles. The minimum Gasteiger partial charge on any atom is -0.478 e. The maximum Gasteiger partial charge on any atom is 0.339 e. The Morgan fingerprint density at radius 1 is 1.00 bits per heavy atom. The van der Waals surface area contributed by atoms with E-state index in [0.717, 1.165) is 12.0 Å². The molecule has 0 amide bonds. The third kappa shape index (κ3) is 5.53. The quantitative estimate of drug-likeness (QED) is 0.389. The lowest BCUT2D eigenvalue weighted by Crippen LogP contribution is -2.14. The van der Waals surface area contributed by atoms with Gasteiger partial charge >= 0.3 is 5.97 Å². The summed E-state index contributed by atoms with van der Waals surface area (Å²) < 4.78 is 5.94. The smallest absolute Gasteiger partial charge is 0.339 e. The van der Waals surface area contributed by atoms with Gasteiger partial charge in [-0.25, -0.2) is 14.8 Å². The summed E-state index contributed by atoms with van der Waals surface area (Å²) in [6.45, 7) is 0.727. The van der Waals surface area contributed by atoms with Crippen LogP contribution < -0.4 is 0 Å². The van der Waals surface area contributed by atoms with Crippen LogP contribution in [0.4, 0.5) is 0 Å². The van der Waals surface area contributed by atoms with E-state index in [0.29, 0.717) is 40.3 Å². The van der Waals surface area contributed by atoms with Crippen LogP contribution >= 0.6 is 11.6 Å². The van der Waals surface area contributed by atoms with E-state index in [2.05, 4.69) is 9.97 Å². The molecular weight excluding hydrogens is 424 g/mol. The third-order valence-corrected chi connectivity index (χ3v) is 6.20. The SMILES string of the molecule is O=C(O)c1c(COCCC2CCCCC2)nc(-c2ccccc2)nc1-c1cccc(Cl)c1. The summed E-state index contributed by atoms with van der Waals surface area (Å²) in [5.74, 6) is 0.0944. The van der Waals surface area contributed by atoms with E-state index >= 15 is 0 Å². The number of halogens is 1. The number of benzene rings is 2. The number of carbonyl (C=O) groups is 1. The zero-order valence-electron chi connectivity index (χ0n) is 18.0. The van der Waals surface area contributed by atoms with Crippen molar-refractivity contribution in [2.75, 3.05) is 6.61 Å². The average Bonchev–Trinajstić information content (AvgIpc) is 2.82. The van der Waals surface area contributed by atoms with Gasteiger partial charge in [0.25, 0.3) is 0 Å². The molecule has 1 aromatic heterocycles. The van der Waals surface area contributed by atoms with Gasteiger partial charge in [-0.05, 0) is 24.5 Å². The van der Waals surface area contributed by atoms with E-state index in [1.54, 1.807) is 18.2 Å². The Morgan fingerprint density at radius 3 is 2.47 bits per heavy atom. The minimum absolute atomic E-state index is 0.0598. The first-order valence-electron chi connectivity index (χ1n) is 11.1. The summed E-state index contributed by atoms with van der Waals surface area (Å²) >= 11 is 6.18. The fourth-order valence-electron chi connectivity index (χ4n) is 4.29. The molecule has 6 heteroatoms. The summed E-state index contributed by atoms with van der Waals surface area (Å²) in [7, 11) is 0. The molecule has 0 saturated heterocycles. The number of rotatable bonds is 8. The first-order chi connectivity index (χ1) is 15.6. The Balaban J connectivity index is 1.66. The van der Waals surface area contributed by atoms with Crippen LogP contribution in [0.1, 0.15) is 54.6 Å². The highest BCUT2D eigenvalue weighted by Crippen LogP contribution is 2.30. The summed E-state index contributed by atoms with van der Waals surface area (Å²) in [4.78, 5) is 21.5. The fourth-order valence-corrected chi connectivity index (χ4v) is 4.48. The highest BCUT2D eigenvalue weighted by atomic mass is 35.5. The van der Waals surface area contributed by atoms with Crippen LogP contribution in [-0.4, -0.2) is 27.7 Å².